The minimum atomic E-state index is 1.01. The van der Waals surface area contributed by atoms with Gasteiger partial charge in [-0.05, 0) is 51.3 Å². The Bertz CT molecular complexity index is 390. The van der Waals surface area contributed by atoms with Crippen LogP contribution in [-0.2, 0) is 0 Å². The molecule has 1 aromatic rings. The highest BCUT2D eigenvalue weighted by Crippen LogP contribution is 2.18. The maximum atomic E-state index is 4.57. The first-order chi connectivity index (χ1) is 6.49. The number of aromatic nitrogens is 1. The second-order valence-corrected chi connectivity index (χ2v) is 3.73. The monoisotopic (exact) mass is 190 g/mol. The van der Waals surface area contributed by atoms with Gasteiger partial charge < -0.3 is 0 Å². The van der Waals surface area contributed by atoms with Crippen LogP contribution in [0.15, 0.2) is 4.99 Å². The molecule has 1 heterocycles. The summed E-state index contributed by atoms with van der Waals surface area (Å²) in [7, 11) is 1.81. The molecule has 14 heavy (non-hydrogen) atoms. The summed E-state index contributed by atoms with van der Waals surface area (Å²) < 4.78 is 0. The minimum Gasteiger partial charge on any atom is -0.291 e. The van der Waals surface area contributed by atoms with Crippen LogP contribution in [0.1, 0.15) is 35.0 Å². The van der Waals surface area contributed by atoms with Crippen LogP contribution in [0, 0.1) is 27.7 Å². The molecule has 2 heteroatoms. The first kappa shape index (κ1) is 10.9. The van der Waals surface area contributed by atoms with Crippen LogP contribution in [0.4, 0.5) is 0 Å². The summed E-state index contributed by atoms with van der Waals surface area (Å²) in [6.45, 7) is 10.4. The molecule has 0 saturated carbocycles. The maximum absolute atomic E-state index is 4.57. The molecule has 0 aliphatic rings. The minimum absolute atomic E-state index is 1.01. The SMILES string of the molecule is CN=C(C)c1nc(C)c(C)c(C)c1C. The molecule has 0 aromatic carbocycles. The van der Waals surface area contributed by atoms with Gasteiger partial charge in [-0.15, -0.1) is 0 Å². The van der Waals surface area contributed by atoms with Crippen molar-refractivity contribution in [1.82, 2.24) is 4.98 Å². The third-order valence-electron chi connectivity index (χ3n) is 2.98. The van der Waals surface area contributed by atoms with Crippen molar-refractivity contribution in [3.63, 3.8) is 0 Å². The molecule has 0 unspecified atom stereocenters. The van der Waals surface area contributed by atoms with Crippen LogP contribution in [-0.4, -0.2) is 17.7 Å². The van der Waals surface area contributed by atoms with Gasteiger partial charge in [0.1, 0.15) is 0 Å². The van der Waals surface area contributed by atoms with Gasteiger partial charge in [-0.3, -0.25) is 9.98 Å². The Morgan fingerprint density at radius 2 is 1.57 bits per heavy atom. The summed E-state index contributed by atoms with van der Waals surface area (Å²) in [6.07, 6.45) is 0. The first-order valence-corrected chi connectivity index (χ1v) is 4.87. The van der Waals surface area contributed by atoms with Crippen molar-refractivity contribution < 1.29 is 0 Å². The fraction of sp³-hybridized carbons (Fsp3) is 0.500. The van der Waals surface area contributed by atoms with Gasteiger partial charge in [0.2, 0.25) is 0 Å². The lowest BCUT2D eigenvalue weighted by molar-refractivity contribution is 1.07. The number of rotatable bonds is 1. The third kappa shape index (κ3) is 1.69. The van der Waals surface area contributed by atoms with E-state index in [-0.39, 0.29) is 0 Å². The van der Waals surface area contributed by atoms with Gasteiger partial charge in [0.05, 0.1) is 11.4 Å². The van der Waals surface area contributed by atoms with E-state index in [0.717, 1.165) is 17.1 Å². The van der Waals surface area contributed by atoms with E-state index in [2.05, 4.69) is 30.7 Å². The molecule has 1 aromatic heterocycles. The van der Waals surface area contributed by atoms with Crippen LogP contribution in [0.25, 0.3) is 0 Å². The molecule has 76 valence electrons. The summed E-state index contributed by atoms with van der Waals surface area (Å²) >= 11 is 0. The standard InChI is InChI=1S/C12H18N2/c1-7-8(2)10(4)14-12(9(7)3)11(5)13-6/h1-6H3. The molecular weight excluding hydrogens is 172 g/mol. The lowest BCUT2D eigenvalue weighted by Gasteiger charge is -2.12. The zero-order chi connectivity index (χ0) is 10.9. The van der Waals surface area contributed by atoms with Gasteiger partial charge in [-0.1, -0.05) is 0 Å². The number of pyridine rings is 1. The normalized spacial score (nSPS) is 12.0. The summed E-state index contributed by atoms with van der Waals surface area (Å²) in [5.41, 5.74) is 7.01. The van der Waals surface area contributed by atoms with E-state index in [4.69, 9.17) is 0 Å². The second-order valence-electron chi connectivity index (χ2n) is 3.73. The molecule has 1 rings (SSSR count). The quantitative estimate of drug-likeness (QED) is 0.625. The number of nitrogens with zero attached hydrogens (tertiary/aromatic N) is 2. The van der Waals surface area contributed by atoms with Crippen molar-refractivity contribution >= 4 is 5.71 Å². The van der Waals surface area contributed by atoms with Crippen molar-refractivity contribution in [1.29, 1.82) is 0 Å². The van der Waals surface area contributed by atoms with E-state index in [0.29, 0.717) is 0 Å². The van der Waals surface area contributed by atoms with Crippen LogP contribution >= 0.6 is 0 Å². The predicted octanol–water partition coefficient (Wildman–Crippen LogP) is 2.75. The van der Waals surface area contributed by atoms with Gasteiger partial charge in [-0.2, -0.15) is 0 Å². The fourth-order valence-corrected chi connectivity index (χ4v) is 1.52. The number of hydrogen-bond donors (Lipinski definition) is 0. The van der Waals surface area contributed by atoms with E-state index in [1.807, 2.05) is 13.8 Å². The van der Waals surface area contributed by atoms with Gasteiger partial charge in [-0.25, -0.2) is 0 Å². The van der Waals surface area contributed by atoms with Crippen molar-refractivity contribution in [2.75, 3.05) is 7.05 Å². The zero-order valence-corrected chi connectivity index (χ0v) is 9.89. The van der Waals surface area contributed by atoms with Crippen molar-refractivity contribution in [3.8, 4) is 0 Å². The molecule has 0 amide bonds. The molecule has 2 nitrogen and oxygen atoms in total. The van der Waals surface area contributed by atoms with Crippen molar-refractivity contribution in [2.45, 2.75) is 34.6 Å². The average Bonchev–Trinajstić information content (AvgIpc) is 2.19. The van der Waals surface area contributed by atoms with Gasteiger partial charge in [0.25, 0.3) is 0 Å². The maximum Gasteiger partial charge on any atom is 0.0872 e. The fourth-order valence-electron chi connectivity index (χ4n) is 1.52. The Hall–Kier alpha value is -1.18. The molecule has 0 radical (unpaired) electrons. The summed E-state index contributed by atoms with van der Waals surface area (Å²) in [5.74, 6) is 0. The molecule has 0 bridgehead atoms. The molecule has 0 N–H and O–H groups in total. The molecule has 0 aliphatic carbocycles. The number of aryl methyl sites for hydroxylation is 1. The third-order valence-corrected chi connectivity index (χ3v) is 2.98. The van der Waals surface area contributed by atoms with Gasteiger partial charge in [0.15, 0.2) is 0 Å². The topological polar surface area (TPSA) is 25.2 Å². The lowest BCUT2D eigenvalue weighted by Crippen LogP contribution is -2.07. The Balaban J connectivity index is 3.48. The second kappa shape index (κ2) is 3.91. The first-order valence-electron chi connectivity index (χ1n) is 4.87. The summed E-state index contributed by atoms with van der Waals surface area (Å²) in [6, 6.07) is 0. The molecular formula is C12H18N2. The highest BCUT2D eigenvalue weighted by Gasteiger charge is 2.10. The van der Waals surface area contributed by atoms with Crippen LogP contribution in [0.3, 0.4) is 0 Å². The molecule has 0 atom stereocenters. The van der Waals surface area contributed by atoms with Crippen LogP contribution in [0.2, 0.25) is 0 Å². The van der Waals surface area contributed by atoms with Crippen molar-refractivity contribution in [3.05, 3.63) is 28.1 Å². The predicted molar refractivity (Wildman–Crippen MR) is 61.3 cm³/mol. The Labute approximate surface area is 86.1 Å². The van der Waals surface area contributed by atoms with Crippen molar-refractivity contribution in [2.24, 2.45) is 4.99 Å². The number of aliphatic imine (C=N–C) groups is 1. The van der Waals surface area contributed by atoms with E-state index >= 15 is 0 Å². The summed E-state index contributed by atoms with van der Waals surface area (Å²) in [5, 5.41) is 0. The largest absolute Gasteiger partial charge is 0.291 e. The highest BCUT2D eigenvalue weighted by atomic mass is 14.8. The smallest absolute Gasteiger partial charge is 0.0872 e. The molecule has 0 aliphatic heterocycles. The van der Waals surface area contributed by atoms with E-state index in [1.165, 1.54) is 16.7 Å². The van der Waals surface area contributed by atoms with Gasteiger partial charge >= 0.3 is 0 Å². The lowest BCUT2D eigenvalue weighted by atomic mass is 10.0. The zero-order valence-electron chi connectivity index (χ0n) is 9.89. The van der Waals surface area contributed by atoms with Crippen LogP contribution < -0.4 is 0 Å². The average molecular weight is 190 g/mol. The van der Waals surface area contributed by atoms with E-state index in [1.54, 1.807) is 7.05 Å². The van der Waals surface area contributed by atoms with Gasteiger partial charge in [0, 0.05) is 12.7 Å². The highest BCUT2D eigenvalue weighted by molar-refractivity contribution is 5.98. The van der Waals surface area contributed by atoms with E-state index < -0.39 is 0 Å². The molecule has 0 saturated heterocycles. The van der Waals surface area contributed by atoms with Crippen LogP contribution in [0.5, 0.6) is 0 Å². The molecule has 0 spiro atoms. The molecule has 0 fully saturated rings. The Morgan fingerprint density at radius 3 is 2.07 bits per heavy atom. The van der Waals surface area contributed by atoms with E-state index in [9.17, 15) is 0 Å². The summed E-state index contributed by atoms with van der Waals surface area (Å²) in [4.78, 5) is 8.76. The Morgan fingerprint density at radius 1 is 1.00 bits per heavy atom. The number of hydrogen-bond acceptors (Lipinski definition) is 2. The Kier molecular flexibility index (Phi) is 3.04.